The Labute approximate surface area is 131 Å². The maximum atomic E-state index is 12.6. The Bertz CT molecular complexity index is 519. The Balaban J connectivity index is 1.53. The second kappa shape index (κ2) is 6.60. The fourth-order valence-corrected chi connectivity index (χ4v) is 3.27. The average molecular weight is 304 g/mol. The molecule has 2 fully saturated rings. The number of ether oxygens (including phenoxy) is 1. The van der Waals surface area contributed by atoms with Gasteiger partial charge < -0.3 is 14.5 Å². The second-order valence-corrected chi connectivity index (χ2v) is 6.43. The Morgan fingerprint density at radius 2 is 2.09 bits per heavy atom. The zero-order valence-electron chi connectivity index (χ0n) is 13.4. The van der Waals surface area contributed by atoms with E-state index in [2.05, 4.69) is 22.1 Å². The lowest BCUT2D eigenvalue weighted by Crippen LogP contribution is -2.43. The smallest absolute Gasteiger partial charge is 0.233 e. The lowest BCUT2D eigenvalue weighted by atomic mass is 9.97. The molecule has 0 radical (unpaired) electrons. The molecule has 0 N–H and O–H groups in total. The van der Waals surface area contributed by atoms with Crippen molar-refractivity contribution in [3.63, 3.8) is 0 Å². The minimum Gasteiger partial charge on any atom is -0.471 e. The highest BCUT2D eigenvalue weighted by Crippen LogP contribution is 2.22. The molecule has 0 spiro atoms. The van der Waals surface area contributed by atoms with Gasteiger partial charge >= 0.3 is 0 Å². The first kappa shape index (κ1) is 15.2. The maximum Gasteiger partial charge on any atom is 0.233 e. The molecule has 120 valence electrons. The van der Waals surface area contributed by atoms with Crippen LogP contribution >= 0.6 is 0 Å². The number of hydrogen-bond acceptors (Lipinski definition) is 5. The standard InChI is InChI=1S/C16H24N4O2/c1-12-5-6-15(18-17-12)22-14-7-9-20(11-14)16(21)13-4-3-8-19(2)10-13/h5-6,13-14H,3-4,7-11H2,1-2H3. The van der Waals surface area contributed by atoms with Gasteiger partial charge in [-0.1, -0.05) is 0 Å². The molecule has 0 aliphatic carbocycles. The van der Waals surface area contributed by atoms with Crippen LogP contribution < -0.4 is 4.74 Å². The van der Waals surface area contributed by atoms with Crippen LogP contribution in [0.5, 0.6) is 5.88 Å². The van der Waals surface area contributed by atoms with Gasteiger partial charge in [-0.05, 0) is 39.4 Å². The lowest BCUT2D eigenvalue weighted by molar-refractivity contribution is -0.136. The lowest BCUT2D eigenvalue weighted by Gasteiger charge is -2.31. The minimum atomic E-state index is 0.0299. The molecule has 22 heavy (non-hydrogen) atoms. The largest absolute Gasteiger partial charge is 0.471 e. The number of piperidine rings is 1. The molecule has 2 aliphatic heterocycles. The van der Waals surface area contributed by atoms with Crippen LogP contribution in [0.1, 0.15) is 25.0 Å². The molecule has 0 saturated carbocycles. The van der Waals surface area contributed by atoms with Crippen molar-refractivity contribution in [3.8, 4) is 5.88 Å². The summed E-state index contributed by atoms with van der Waals surface area (Å²) < 4.78 is 5.84. The van der Waals surface area contributed by atoms with Crippen molar-refractivity contribution in [3.05, 3.63) is 17.8 Å². The Kier molecular flexibility index (Phi) is 4.57. The number of rotatable bonds is 3. The van der Waals surface area contributed by atoms with Crippen LogP contribution in [-0.4, -0.2) is 65.2 Å². The third-order valence-electron chi connectivity index (χ3n) is 4.49. The van der Waals surface area contributed by atoms with Gasteiger partial charge in [0, 0.05) is 25.6 Å². The minimum absolute atomic E-state index is 0.0299. The van der Waals surface area contributed by atoms with Gasteiger partial charge in [0.05, 0.1) is 18.2 Å². The fraction of sp³-hybridized carbons (Fsp3) is 0.688. The molecule has 6 nitrogen and oxygen atoms in total. The molecule has 0 aromatic carbocycles. The number of carbonyl (C=O) groups excluding carboxylic acids is 1. The van der Waals surface area contributed by atoms with Crippen LogP contribution in [0, 0.1) is 12.8 Å². The van der Waals surface area contributed by atoms with E-state index < -0.39 is 0 Å². The van der Waals surface area contributed by atoms with E-state index in [0.717, 1.165) is 44.6 Å². The van der Waals surface area contributed by atoms with E-state index in [0.29, 0.717) is 12.4 Å². The Morgan fingerprint density at radius 3 is 2.82 bits per heavy atom. The summed E-state index contributed by atoms with van der Waals surface area (Å²) in [6, 6.07) is 3.72. The molecule has 3 heterocycles. The number of aromatic nitrogens is 2. The van der Waals surface area contributed by atoms with Gasteiger partial charge in [0.25, 0.3) is 0 Å². The molecular formula is C16H24N4O2. The van der Waals surface area contributed by atoms with Crippen LogP contribution in [0.25, 0.3) is 0 Å². The van der Waals surface area contributed by atoms with Gasteiger partial charge in [0.15, 0.2) is 0 Å². The SMILES string of the molecule is Cc1ccc(OC2CCN(C(=O)C3CCCN(C)C3)C2)nn1. The topological polar surface area (TPSA) is 58.6 Å². The van der Waals surface area contributed by atoms with Crippen LogP contribution in [0.2, 0.25) is 0 Å². The highest BCUT2D eigenvalue weighted by molar-refractivity contribution is 5.79. The number of aryl methyl sites for hydroxylation is 1. The van der Waals surface area contributed by atoms with Crippen molar-refractivity contribution in [2.75, 3.05) is 33.2 Å². The Morgan fingerprint density at radius 1 is 1.23 bits per heavy atom. The molecule has 6 heteroatoms. The first-order chi connectivity index (χ1) is 10.6. The van der Waals surface area contributed by atoms with Crippen LogP contribution in [0.3, 0.4) is 0 Å². The van der Waals surface area contributed by atoms with Gasteiger partial charge in [-0.3, -0.25) is 4.79 Å². The third kappa shape index (κ3) is 3.55. The first-order valence-corrected chi connectivity index (χ1v) is 8.06. The summed E-state index contributed by atoms with van der Waals surface area (Å²) in [5.74, 6) is 0.978. The van der Waals surface area contributed by atoms with E-state index in [4.69, 9.17) is 4.74 Å². The molecule has 1 aromatic heterocycles. The predicted molar refractivity (Wildman–Crippen MR) is 82.6 cm³/mol. The van der Waals surface area contributed by atoms with Gasteiger partial charge in [-0.25, -0.2) is 0 Å². The quantitative estimate of drug-likeness (QED) is 0.837. The monoisotopic (exact) mass is 304 g/mol. The fourth-order valence-electron chi connectivity index (χ4n) is 3.27. The van der Waals surface area contributed by atoms with E-state index in [1.54, 1.807) is 0 Å². The number of nitrogens with zero attached hydrogens (tertiary/aromatic N) is 4. The van der Waals surface area contributed by atoms with Crippen molar-refractivity contribution in [2.45, 2.75) is 32.3 Å². The van der Waals surface area contributed by atoms with Crippen LogP contribution in [0.15, 0.2) is 12.1 Å². The van der Waals surface area contributed by atoms with Gasteiger partial charge in [-0.2, -0.15) is 5.10 Å². The van der Waals surface area contributed by atoms with Crippen molar-refractivity contribution < 1.29 is 9.53 Å². The molecule has 0 bridgehead atoms. The van der Waals surface area contributed by atoms with Crippen molar-refractivity contribution >= 4 is 5.91 Å². The summed E-state index contributed by atoms with van der Waals surface area (Å²) in [5.41, 5.74) is 0.872. The Hall–Kier alpha value is -1.69. The number of likely N-dealkylation sites (tertiary alicyclic amines) is 2. The molecule has 1 amide bonds. The molecule has 2 saturated heterocycles. The summed E-state index contributed by atoms with van der Waals surface area (Å²) in [4.78, 5) is 16.8. The highest BCUT2D eigenvalue weighted by Gasteiger charge is 2.33. The number of amides is 1. The number of carbonyl (C=O) groups is 1. The zero-order chi connectivity index (χ0) is 15.5. The van der Waals surface area contributed by atoms with Crippen molar-refractivity contribution in [1.82, 2.24) is 20.0 Å². The molecule has 2 unspecified atom stereocenters. The molecule has 1 aromatic rings. The summed E-state index contributed by atoms with van der Waals surface area (Å²) in [6.07, 6.45) is 3.01. The molecule has 2 atom stereocenters. The maximum absolute atomic E-state index is 12.6. The van der Waals surface area contributed by atoms with Gasteiger partial charge in [0.1, 0.15) is 6.10 Å². The highest BCUT2D eigenvalue weighted by atomic mass is 16.5. The summed E-state index contributed by atoms with van der Waals surface area (Å²) in [6.45, 7) is 5.32. The van der Waals surface area contributed by atoms with E-state index in [-0.39, 0.29) is 17.9 Å². The third-order valence-corrected chi connectivity index (χ3v) is 4.49. The molecule has 3 rings (SSSR count). The van der Waals surface area contributed by atoms with Gasteiger partial charge in [-0.15, -0.1) is 5.10 Å². The zero-order valence-corrected chi connectivity index (χ0v) is 13.4. The molecular weight excluding hydrogens is 280 g/mol. The van der Waals surface area contributed by atoms with E-state index in [9.17, 15) is 4.79 Å². The van der Waals surface area contributed by atoms with Crippen LogP contribution in [-0.2, 0) is 4.79 Å². The van der Waals surface area contributed by atoms with E-state index in [1.165, 1.54) is 0 Å². The average Bonchev–Trinajstić information content (AvgIpc) is 2.97. The van der Waals surface area contributed by atoms with Gasteiger partial charge in [0.2, 0.25) is 11.8 Å². The van der Waals surface area contributed by atoms with E-state index in [1.807, 2.05) is 24.0 Å². The van der Waals surface area contributed by atoms with Crippen molar-refractivity contribution in [1.29, 1.82) is 0 Å². The summed E-state index contributed by atoms with van der Waals surface area (Å²) in [7, 11) is 2.09. The summed E-state index contributed by atoms with van der Waals surface area (Å²) in [5, 5.41) is 8.03. The predicted octanol–water partition coefficient (Wildman–Crippen LogP) is 1.11. The number of hydrogen-bond donors (Lipinski definition) is 0. The first-order valence-electron chi connectivity index (χ1n) is 8.06. The summed E-state index contributed by atoms with van der Waals surface area (Å²) >= 11 is 0. The molecule has 2 aliphatic rings. The van der Waals surface area contributed by atoms with E-state index >= 15 is 0 Å². The second-order valence-electron chi connectivity index (χ2n) is 6.43. The normalized spacial score (nSPS) is 26.2. The van der Waals surface area contributed by atoms with Crippen molar-refractivity contribution in [2.24, 2.45) is 5.92 Å². The van der Waals surface area contributed by atoms with Crippen LogP contribution in [0.4, 0.5) is 0 Å².